The van der Waals surface area contributed by atoms with E-state index in [0.717, 1.165) is 0 Å². The van der Waals surface area contributed by atoms with Crippen LogP contribution in [0.5, 0.6) is 0 Å². The number of benzene rings is 1. The number of nitrogens with one attached hydrogen (secondary N) is 2. The smallest absolute Gasteiger partial charge is 0.306 e. The second kappa shape index (κ2) is 8.68. The van der Waals surface area contributed by atoms with Crippen molar-refractivity contribution in [1.29, 1.82) is 0 Å². The number of carbonyl (C=O) groups is 3. The average molecular weight is 353 g/mol. The highest BCUT2D eigenvalue weighted by Gasteiger charge is 2.29. The summed E-state index contributed by atoms with van der Waals surface area (Å²) in [5.74, 6) is -1.53. The Morgan fingerprint density at radius 2 is 1.50 bits per heavy atom. The van der Waals surface area contributed by atoms with E-state index in [-0.39, 0.29) is 23.7 Å². The molecule has 1 aromatic carbocycles. The van der Waals surface area contributed by atoms with E-state index in [1.807, 2.05) is 0 Å². The van der Waals surface area contributed by atoms with Gasteiger partial charge in [0.25, 0.3) is 5.91 Å². The van der Waals surface area contributed by atoms with Gasteiger partial charge in [-0.05, 0) is 49.9 Å². The summed E-state index contributed by atoms with van der Waals surface area (Å²) in [6.07, 6.45) is 2.28. The van der Waals surface area contributed by atoms with E-state index >= 15 is 0 Å². The van der Waals surface area contributed by atoms with Crippen molar-refractivity contribution in [2.75, 3.05) is 13.1 Å². The molecule has 3 N–H and O–H groups in total. The molecule has 2 amide bonds. The Morgan fingerprint density at radius 3 is 2.08 bits per heavy atom. The van der Waals surface area contributed by atoms with Crippen LogP contribution in [0.25, 0.3) is 0 Å². The summed E-state index contributed by atoms with van der Waals surface area (Å²) in [4.78, 5) is 34.8. The van der Waals surface area contributed by atoms with Crippen molar-refractivity contribution in [3.05, 3.63) is 34.9 Å². The zero-order valence-corrected chi connectivity index (χ0v) is 14.0. The highest BCUT2D eigenvalue weighted by molar-refractivity contribution is 6.30. The molecule has 0 unspecified atom stereocenters. The standard InChI is InChI=1S/C17H21ClN2O4/c18-14-7-5-12(6-8-14)16(22)20-10-9-19-15(21)11-1-3-13(4-2-11)17(23)24/h5-8,11,13H,1-4,9-10H2,(H,19,21)(H,20,22)(H,23,24). The minimum atomic E-state index is -0.779. The lowest BCUT2D eigenvalue weighted by molar-refractivity contribution is -0.144. The summed E-state index contributed by atoms with van der Waals surface area (Å²) < 4.78 is 0. The predicted octanol–water partition coefficient (Wildman–Crippen LogP) is 2.08. The summed E-state index contributed by atoms with van der Waals surface area (Å²) in [5.41, 5.74) is 0.512. The molecular formula is C17H21ClN2O4. The van der Waals surface area contributed by atoms with Gasteiger partial charge in [-0.1, -0.05) is 11.6 Å². The minimum Gasteiger partial charge on any atom is -0.481 e. The van der Waals surface area contributed by atoms with Gasteiger partial charge in [-0.15, -0.1) is 0 Å². The van der Waals surface area contributed by atoms with Crippen LogP contribution in [-0.2, 0) is 9.59 Å². The van der Waals surface area contributed by atoms with E-state index in [1.165, 1.54) is 0 Å². The zero-order valence-electron chi connectivity index (χ0n) is 13.3. The third-order valence-corrected chi connectivity index (χ3v) is 4.52. The van der Waals surface area contributed by atoms with E-state index in [9.17, 15) is 14.4 Å². The lowest BCUT2D eigenvalue weighted by Crippen LogP contribution is -2.39. The molecule has 0 atom stereocenters. The van der Waals surface area contributed by atoms with Crippen molar-refractivity contribution in [1.82, 2.24) is 10.6 Å². The molecule has 7 heteroatoms. The van der Waals surface area contributed by atoms with Gasteiger partial charge in [-0.25, -0.2) is 0 Å². The number of hydrogen-bond donors (Lipinski definition) is 3. The Balaban J connectivity index is 1.65. The van der Waals surface area contributed by atoms with Crippen LogP contribution in [0, 0.1) is 11.8 Å². The lowest BCUT2D eigenvalue weighted by Gasteiger charge is -2.25. The first-order chi connectivity index (χ1) is 11.5. The molecule has 0 saturated heterocycles. The number of halogens is 1. The van der Waals surface area contributed by atoms with Crippen LogP contribution in [0.3, 0.4) is 0 Å². The van der Waals surface area contributed by atoms with E-state index < -0.39 is 5.97 Å². The second-order valence-electron chi connectivity index (χ2n) is 5.94. The maximum atomic E-state index is 12.0. The van der Waals surface area contributed by atoms with Gasteiger partial charge in [0.1, 0.15) is 0 Å². The summed E-state index contributed by atoms with van der Waals surface area (Å²) in [7, 11) is 0. The van der Waals surface area contributed by atoms with Gasteiger partial charge in [0.2, 0.25) is 5.91 Å². The van der Waals surface area contributed by atoms with Crippen LogP contribution < -0.4 is 10.6 Å². The number of carboxylic acid groups (broad SMARTS) is 1. The maximum absolute atomic E-state index is 12.0. The Kier molecular flexibility index (Phi) is 6.61. The molecule has 24 heavy (non-hydrogen) atoms. The fourth-order valence-electron chi connectivity index (χ4n) is 2.81. The third kappa shape index (κ3) is 5.23. The molecule has 0 radical (unpaired) electrons. The Bertz CT molecular complexity index is 595. The van der Waals surface area contributed by atoms with Crippen molar-refractivity contribution >= 4 is 29.4 Å². The molecule has 1 aromatic rings. The lowest BCUT2D eigenvalue weighted by atomic mass is 9.81. The van der Waals surface area contributed by atoms with Crippen LogP contribution in [-0.4, -0.2) is 36.0 Å². The van der Waals surface area contributed by atoms with E-state index in [0.29, 0.717) is 49.4 Å². The molecule has 0 heterocycles. The molecule has 130 valence electrons. The number of amides is 2. The molecule has 1 aliphatic rings. The first-order valence-electron chi connectivity index (χ1n) is 8.01. The SMILES string of the molecule is O=C(NCCNC(=O)C1CCC(C(=O)O)CC1)c1ccc(Cl)cc1. The Labute approximate surface area is 145 Å². The predicted molar refractivity (Wildman–Crippen MR) is 89.9 cm³/mol. The number of carbonyl (C=O) groups excluding carboxylic acids is 2. The molecule has 1 aliphatic carbocycles. The van der Waals surface area contributed by atoms with Gasteiger partial charge < -0.3 is 15.7 Å². The van der Waals surface area contributed by atoms with E-state index in [2.05, 4.69) is 10.6 Å². The summed E-state index contributed by atoms with van der Waals surface area (Å²) in [6.45, 7) is 0.675. The Morgan fingerprint density at radius 1 is 0.958 bits per heavy atom. The zero-order chi connectivity index (χ0) is 17.5. The van der Waals surface area contributed by atoms with Gasteiger partial charge in [0.05, 0.1) is 5.92 Å². The summed E-state index contributed by atoms with van der Waals surface area (Å²) in [5, 5.41) is 15.0. The van der Waals surface area contributed by atoms with Crippen molar-refractivity contribution < 1.29 is 19.5 Å². The maximum Gasteiger partial charge on any atom is 0.306 e. The van der Waals surface area contributed by atoms with Crippen LogP contribution in [0.15, 0.2) is 24.3 Å². The van der Waals surface area contributed by atoms with Crippen LogP contribution in [0.4, 0.5) is 0 Å². The third-order valence-electron chi connectivity index (χ3n) is 4.26. The van der Waals surface area contributed by atoms with Crippen molar-refractivity contribution in [2.24, 2.45) is 11.8 Å². The van der Waals surface area contributed by atoms with E-state index in [1.54, 1.807) is 24.3 Å². The first kappa shape index (κ1) is 18.3. The Hall–Kier alpha value is -2.08. The van der Waals surface area contributed by atoms with Crippen molar-refractivity contribution in [3.63, 3.8) is 0 Å². The van der Waals surface area contributed by atoms with Crippen LogP contribution >= 0.6 is 11.6 Å². The van der Waals surface area contributed by atoms with Crippen LogP contribution in [0.2, 0.25) is 5.02 Å². The number of aliphatic carboxylic acids is 1. The van der Waals surface area contributed by atoms with Gasteiger partial charge in [-0.3, -0.25) is 14.4 Å². The number of rotatable bonds is 6. The average Bonchev–Trinajstić information content (AvgIpc) is 2.59. The molecule has 6 nitrogen and oxygen atoms in total. The monoisotopic (exact) mass is 352 g/mol. The molecular weight excluding hydrogens is 332 g/mol. The number of carboxylic acids is 1. The van der Waals surface area contributed by atoms with Crippen molar-refractivity contribution in [3.8, 4) is 0 Å². The van der Waals surface area contributed by atoms with Crippen molar-refractivity contribution in [2.45, 2.75) is 25.7 Å². The van der Waals surface area contributed by atoms with Crippen LogP contribution in [0.1, 0.15) is 36.0 Å². The highest BCUT2D eigenvalue weighted by Crippen LogP contribution is 2.28. The minimum absolute atomic E-state index is 0.0698. The first-order valence-corrected chi connectivity index (χ1v) is 8.39. The molecule has 0 bridgehead atoms. The van der Waals surface area contributed by atoms with Gasteiger partial charge in [-0.2, -0.15) is 0 Å². The largest absolute Gasteiger partial charge is 0.481 e. The molecule has 1 saturated carbocycles. The molecule has 1 fully saturated rings. The normalized spacial score (nSPS) is 20.2. The fourth-order valence-corrected chi connectivity index (χ4v) is 2.94. The van der Waals surface area contributed by atoms with Gasteiger partial charge >= 0.3 is 5.97 Å². The summed E-state index contributed by atoms with van der Waals surface area (Å²) in [6, 6.07) is 6.56. The van der Waals surface area contributed by atoms with E-state index in [4.69, 9.17) is 16.7 Å². The molecule has 0 spiro atoms. The molecule has 0 aromatic heterocycles. The molecule has 2 rings (SSSR count). The molecule has 0 aliphatic heterocycles. The number of hydrogen-bond acceptors (Lipinski definition) is 3. The topological polar surface area (TPSA) is 95.5 Å². The quantitative estimate of drug-likeness (QED) is 0.683. The highest BCUT2D eigenvalue weighted by atomic mass is 35.5. The summed E-state index contributed by atoms with van der Waals surface area (Å²) >= 11 is 5.77. The van der Waals surface area contributed by atoms with Gasteiger partial charge in [0.15, 0.2) is 0 Å². The fraction of sp³-hybridized carbons (Fsp3) is 0.471. The second-order valence-corrected chi connectivity index (χ2v) is 6.38. The van der Waals surface area contributed by atoms with Gasteiger partial charge in [0, 0.05) is 29.6 Å².